The van der Waals surface area contributed by atoms with E-state index in [0.717, 1.165) is 6.42 Å². The van der Waals surface area contributed by atoms with E-state index in [1.807, 2.05) is 0 Å². The number of hydrogen-bond acceptors (Lipinski definition) is 0. The van der Waals surface area contributed by atoms with Crippen molar-refractivity contribution in [1.29, 1.82) is 0 Å². The molecule has 0 heterocycles. The summed E-state index contributed by atoms with van der Waals surface area (Å²) in [5.74, 6) is 0. The van der Waals surface area contributed by atoms with Gasteiger partial charge in [-0.15, -0.1) is 0 Å². The summed E-state index contributed by atoms with van der Waals surface area (Å²) in [4.78, 5) is 0.337. The first-order valence-electron chi connectivity index (χ1n) is 7.33. The monoisotopic (exact) mass is 338 g/mol. The summed E-state index contributed by atoms with van der Waals surface area (Å²) in [6.07, 6.45) is 1.01. The molecule has 0 N–H and O–H groups in total. The highest BCUT2D eigenvalue weighted by Crippen LogP contribution is 2.34. The summed E-state index contributed by atoms with van der Waals surface area (Å²) in [5.41, 5.74) is 5.48. The zero-order chi connectivity index (χ0) is 14.8. The van der Waals surface area contributed by atoms with Gasteiger partial charge in [0.05, 0.1) is 0 Å². The third kappa shape index (κ3) is 2.89. The maximum Gasteiger partial charge on any atom is 0.0441 e. The van der Waals surface area contributed by atoms with Crippen LogP contribution in [0.3, 0.4) is 0 Å². The van der Waals surface area contributed by atoms with Crippen molar-refractivity contribution in [2.24, 2.45) is 0 Å². The molecule has 21 heavy (non-hydrogen) atoms. The molecule has 0 radical (unpaired) electrons. The van der Waals surface area contributed by atoms with Crippen LogP contribution in [0.4, 0.5) is 0 Å². The fourth-order valence-electron chi connectivity index (χ4n) is 2.89. The molecule has 0 aliphatic rings. The maximum absolute atomic E-state index is 3.90. The number of benzene rings is 3. The summed E-state index contributed by atoms with van der Waals surface area (Å²) in [6, 6.07) is 21.8. The van der Waals surface area contributed by atoms with Gasteiger partial charge in [0.15, 0.2) is 0 Å². The van der Waals surface area contributed by atoms with E-state index < -0.39 is 0 Å². The topological polar surface area (TPSA) is 0 Å². The van der Waals surface area contributed by atoms with Crippen molar-refractivity contribution < 1.29 is 0 Å². The Bertz CT molecular complexity index is 774. The van der Waals surface area contributed by atoms with Crippen molar-refractivity contribution in [2.45, 2.75) is 25.1 Å². The van der Waals surface area contributed by atoms with Crippen LogP contribution in [-0.2, 0) is 6.42 Å². The van der Waals surface area contributed by atoms with Gasteiger partial charge in [-0.3, -0.25) is 0 Å². The number of aryl methyl sites for hydroxylation is 2. The van der Waals surface area contributed by atoms with E-state index in [2.05, 4.69) is 90.4 Å². The zero-order valence-electron chi connectivity index (χ0n) is 12.4. The van der Waals surface area contributed by atoms with Crippen LogP contribution in [0.1, 0.15) is 27.1 Å². The van der Waals surface area contributed by atoms with Gasteiger partial charge in [-0.05, 0) is 53.3 Å². The Morgan fingerprint density at radius 2 is 1.43 bits per heavy atom. The second-order valence-electron chi connectivity index (χ2n) is 5.62. The summed E-state index contributed by atoms with van der Waals surface area (Å²) in [6.45, 7) is 4.36. The summed E-state index contributed by atoms with van der Waals surface area (Å²) < 4.78 is 0. The second kappa shape index (κ2) is 6.03. The SMILES string of the molecule is Cc1ccccc1CC(Br)c1ccc(C)c2ccccc12. The van der Waals surface area contributed by atoms with E-state index in [0.29, 0.717) is 4.83 Å². The van der Waals surface area contributed by atoms with Crippen LogP contribution in [0.25, 0.3) is 10.8 Å². The van der Waals surface area contributed by atoms with Gasteiger partial charge in [-0.1, -0.05) is 76.6 Å². The largest absolute Gasteiger partial charge is 0.0835 e. The standard InChI is InChI=1S/C20H19Br/c1-14-7-3-4-8-16(14)13-20(21)19-12-11-15(2)17-9-5-6-10-18(17)19/h3-12,20H,13H2,1-2H3. The molecule has 0 bridgehead atoms. The Morgan fingerprint density at radius 3 is 2.19 bits per heavy atom. The molecule has 0 spiro atoms. The summed E-state index contributed by atoms with van der Waals surface area (Å²) >= 11 is 3.90. The van der Waals surface area contributed by atoms with E-state index in [-0.39, 0.29) is 0 Å². The molecule has 1 heteroatoms. The second-order valence-corrected chi connectivity index (χ2v) is 6.72. The quantitative estimate of drug-likeness (QED) is 0.503. The molecule has 0 saturated heterocycles. The fraction of sp³-hybridized carbons (Fsp3) is 0.200. The fourth-order valence-corrected chi connectivity index (χ4v) is 3.64. The first kappa shape index (κ1) is 14.3. The van der Waals surface area contributed by atoms with Crippen molar-refractivity contribution in [1.82, 2.24) is 0 Å². The molecule has 0 saturated carbocycles. The highest BCUT2D eigenvalue weighted by Gasteiger charge is 2.13. The van der Waals surface area contributed by atoms with Gasteiger partial charge >= 0.3 is 0 Å². The average Bonchev–Trinajstić information content (AvgIpc) is 2.50. The maximum atomic E-state index is 3.90. The molecule has 106 valence electrons. The lowest BCUT2D eigenvalue weighted by Gasteiger charge is -2.16. The molecule has 3 rings (SSSR count). The first-order valence-corrected chi connectivity index (χ1v) is 8.25. The molecule has 3 aromatic rings. The van der Waals surface area contributed by atoms with Gasteiger partial charge in [0.1, 0.15) is 0 Å². The van der Waals surface area contributed by atoms with E-state index in [1.54, 1.807) is 0 Å². The van der Waals surface area contributed by atoms with E-state index >= 15 is 0 Å². The van der Waals surface area contributed by atoms with E-state index in [9.17, 15) is 0 Å². The number of alkyl halides is 1. The van der Waals surface area contributed by atoms with Crippen LogP contribution in [0, 0.1) is 13.8 Å². The van der Waals surface area contributed by atoms with Crippen LogP contribution in [0.15, 0.2) is 60.7 Å². The van der Waals surface area contributed by atoms with Crippen LogP contribution >= 0.6 is 15.9 Å². The van der Waals surface area contributed by atoms with Crippen molar-refractivity contribution in [3.63, 3.8) is 0 Å². The van der Waals surface area contributed by atoms with Gasteiger partial charge in [0.2, 0.25) is 0 Å². The van der Waals surface area contributed by atoms with Gasteiger partial charge in [-0.2, -0.15) is 0 Å². The molecular formula is C20H19Br. The predicted octanol–water partition coefficient (Wildman–Crippen LogP) is 6.14. The third-order valence-corrected chi connectivity index (χ3v) is 4.99. The van der Waals surface area contributed by atoms with Crippen LogP contribution in [0.2, 0.25) is 0 Å². The molecule has 0 aliphatic carbocycles. The predicted molar refractivity (Wildman–Crippen MR) is 95.2 cm³/mol. The van der Waals surface area contributed by atoms with Gasteiger partial charge < -0.3 is 0 Å². The lowest BCUT2D eigenvalue weighted by atomic mass is 9.95. The number of halogens is 1. The minimum atomic E-state index is 0.337. The van der Waals surface area contributed by atoms with E-state index in [1.165, 1.54) is 33.0 Å². The lowest BCUT2D eigenvalue weighted by Crippen LogP contribution is -1.99. The van der Waals surface area contributed by atoms with Gasteiger partial charge in [0, 0.05) is 4.83 Å². The minimum Gasteiger partial charge on any atom is -0.0835 e. The van der Waals surface area contributed by atoms with Crippen molar-refractivity contribution in [2.75, 3.05) is 0 Å². The molecule has 0 aliphatic heterocycles. The Balaban J connectivity index is 2.01. The molecular weight excluding hydrogens is 320 g/mol. The Kier molecular flexibility index (Phi) is 4.12. The third-order valence-electron chi connectivity index (χ3n) is 4.17. The Hall–Kier alpha value is -1.60. The van der Waals surface area contributed by atoms with Crippen LogP contribution < -0.4 is 0 Å². The molecule has 1 unspecified atom stereocenters. The molecule has 1 atom stereocenters. The highest BCUT2D eigenvalue weighted by atomic mass is 79.9. The number of fused-ring (bicyclic) bond motifs is 1. The molecule has 3 aromatic carbocycles. The minimum absolute atomic E-state index is 0.337. The first-order chi connectivity index (χ1) is 10.2. The number of hydrogen-bond donors (Lipinski definition) is 0. The summed E-state index contributed by atoms with van der Waals surface area (Å²) in [7, 11) is 0. The normalized spacial score (nSPS) is 12.5. The average molecular weight is 339 g/mol. The van der Waals surface area contributed by atoms with Crippen molar-refractivity contribution in [3.8, 4) is 0 Å². The van der Waals surface area contributed by atoms with E-state index in [4.69, 9.17) is 0 Å². The summed E-state index contributed by atoms with van der Waals surface area (Å²) in [5, 5.41) is 2.71. The molecule has 0 nitrogen and oxygen atoms in total. The van der Waals surface area contributed by atoms with Crippen molar-refractivity contribution >= 4 is 26.7 Å². The smallest absolute Gasteiger partial charge is 0.0441 e. The van der Waals surface area contributed by atoms with Crippen molar-refractivity contribution in [3.05, 3.63) is 82.9 Å². The molecule has 0 fully saturated rings. The lowest BCUT2D eigenvalue weighted by molar-refractivity contribution is 0.946. The van der Waals surface area contributed by atoms with Crippen LogP contribution in [-0.4, -0.2) is 0 Å². The Labute approximate surface area is 134 Å². The van der Waals surface area contributed by atoms with Crippen LogP contribution in [0.5, 0.6) is 0 Å². The highest BCUT2D eigenvalue weighted by molar-refractivity contribution is 9.09. The van der Waals surface area contributed by atoms with Gasteiger partial charge in [0.25, 0.3) is 0 Å². The zero-order valence-corrected chi connectivity index (χ0v) is 14.0. The molecule has 0 aromatic heterocycles. The van der Waals surface area contributed by atoms with Gasteiger partial charge in [-0.25, -0.2) is 0 Å². The number of rotatable bonds is 3. The molecule has 0 amide bonds. The Morgan fingerprint density at radius 1 is 0.762 bits per heavy atom.